The zero-order valence-corrected chi connectivity index (χ0v) is 16.8. The van der Waals surface area contributed by atoms with Crippen LogP contribution in [0.1, 0.15) is 6.92 Å². The quantitative estimate of drug-likeness (QED) is 0.191. The summed E-state index contributed by atoms with van der Waals surface area (Å²) in [5.41, 5.74) is 12.5. The average Bonchev–Trinajstić information content (AvgIpc) is 2.64. The third-order valence-electron chi connectivity index (χ3n) is 3.89. The molecule has 0 saturated carbocycles. The first kappa shape index (κ1) is 21.5. The van der Waals surface area contributed by atoms with E-state index in [1.54, 1.807) is 24.3 Å². The van der Waals surface area contributed by atoms with Crippen molar-refractivity contribution in [2.24, 2.45) is 0 Å². The molecule has 0 atom stereocenters. The Balaban J connectivity index is 1.71. The second-order valence-corrected chi connectivity index (χ2v) is 8.75. The number of anilines is 2. The minimum atomic E-state index is -3.34. The fourth-order valence-corrected chi connectivity index (χ4v) is 4.10. The maximum atomic E-state index is 12.4. The minimum absolute atomic E-state index is 0.0314. The first-order valence-corrected chi connectivity index (χ1v) is 10.9. The van der Waals surface area contributed by atoms with Crippen molar-refractivity contribution in [2.45, 2.75) is 16.7 Å². The van der Waals surface area contributed by atoms with Crippen molar-refractivity contribution in [2.75, 3.05) is 43.5 Å². The number of nitrogens with two attached hydrogens (primary N) is 2. The van der Waals surface area contributed by atoms with Gasteiger partial charge in [0.05, 0.1) is 29.3 Å². The van der Waals surface area contributed by atoms with Gasteiger partial charge in [-0.1, -0.05) is 13.0 Å². The molecule has 0 bridgehead atoms. The Hall–Kier alpha value is -1.78. The number of hydrogen-bond donors (Lipinski definition) is 2. The number of nitrogen functional groups attached to an aromatic ring is 2. The minimum Gasteiger partial charge on any atom is -0.399 e. The zero-order chi connectivity index (χ0) is 19.7. The summed E-state index contributed by atoms with van der Waals surface area (Å²) in [4.78, 5) is 8.27. The molecule has 0 aliphatic rings. The van der Waals surface area contributed by atoms with Crippen molar-refractivity contribution < 1.29 is 17.6 Å². The zero-order valence-electron chi connectivity index (χ0n) is 15.2. The van der Waals surface area contributed by atoms with Gasteiger partial charge < -0.3 is 16.4 Å². The van der Waals surface area contributed by atoms with Crippen LogP contribution in [0, 0.1) is 0 Å². The highest BCUT2D eigenvalue weighted by atomic mass is 32.2. The maximum Gasteiger partial charge on any atom is 0.179 e. The Bertz CT molecular complexity index is 814. The summed E-state index contributed by atoms with van der Waals surface area (Å²) < 4.78 is 29.9. The van der Waals surface area contributed by atoms with E-state index in [-0.39, 0.29) is 10.6 Å². The number of sulfone groups is 1. The highest BCUT2D eigenvalue weighted by molar-refractivity contribution is 7.94. The molecule has 9 heteroatoms. The van der Waals surface area contributed by atoms with Gasteiger partial charge in [0.25, 0.3) is 0 Å². The number of likely N-dealkylation sites (N-methyl/N-ethyl adjacent to an activating group) is 1. The monoisotopic (exact) mass is 411 g/mol. The Morgan fingerprint density at radius 3 is 2.44 bits per heavy atom. The Morgan fingerprint density at radius 1 is 1.04 bits per heavy atom. The van der Waals surface area contributed by atoms with Crippen LogP contribution in [0.4, 0.5) is 11.4 Å². The van der Waals surface area contributed by atoms with E-state index in [4.69, 9.17) is 20.7 Å². The maximum absolute atomic E-state index is 12.4. The lowest BCUT2D eigenvalue weighted by Gasteiger charge is -2.19. The molecule has 4 N–H and O–H groups in total. The largest absolute Gasteiger partial charge is 0.399 e. The van der Waals surface area contributed by atoms with Crippen LogP contribution >= 0.6 is 12.0 Å². The lowest BCUT2D eigenvalue weighted by molar-refractivity contribution is -0.193. The third-order valence-corrected chi connectivity index (χ3v) is 6.21. The van der Waals surface area contributed by atoms with Gasteiger partial charge in [0.15, 0.2) is 9.84 Å². The van der Waals surface area contributed by atoms with Gasteiger partial charge in [-0.25, -0.2) is 13.3 Å². The van der Waals surface area contributed by atoms with Crippen molar-refractivity contribution in [3.8, 4) is 0 Å². The third kappa shape index (κ3) is 7.39. The molecule has 0 radical (unpaired) electrons. The van der Waals surface area contributed by atoms with Gasteiger partial charge in [-0.2, -0.15) is 4.33 Å². The van der Waals surface area contributed by atoms with Crippen LogP contribution in [-0.2, 0) is 19.1 Å². The molecular formula is C18H25N3O4S2. The summed E-state index contributed by atoms with van der Waals surface area (Å²) >= 11 is 1.08. The summed E-state index contributed by atoms with van der Waals surface area (Å²) in [6.07, 6.45) is 0. The van der Waals surface area contributed by atoms with Crippen LogP contribution in [0.2, 0.25) is 0 Å². The van der Waals surface area contributed by atoms with Gasteiger partial charge in [-0.3, -0.25) is 0 Å². The molecule has 27 heavy (non-hydrogen) atoms. The Labute approximate surface area is 164 Å². The van der Waals surface area contributed by atoms with Crippen LogP contribution in [0.25, 0.3) is 0 Å². The Morgan fingerprint density at radius 2 is 1.78 bits per heavy atom. The molecule has 0 aliphatic heterocycles. The molecule has 7 nitrogen and oxygen atoms in total. The second kappa shape index (κ2) is 10.5. The van der Waals surface area contributed by atoms with Crippen LogP contribution in [0.5, 0.6) is 0 Å². The van der Waals surface area contributed by atoms with E-state index < -0.39 is 9.84 Å². The molecule has 0 fully saturated rings. The van der Waals surface area contributed by atoms with E-state index >= 15 is 0 Å². The van der Waals surface area contributed by atoms with Gasteiger partial charge in [0.1, 0.15) is 0 Å². The fraction of sp³-hybridized carbons (Fsp3) is 0.333. The molecule has 0 aromatic heterocycles. The van der Waals surface area contributed by atoms with E-state index in [9.17, 15) is 8.42 Å². The van der Waals surface area contributed by atoms with Crippen molar-refractivity contribution in [3.63, 3.8) is 0 Å². The molecule has 0 heterocycles. The summed E-state index contributed by atoms with van der Waals surface area (Å²) in [6.45, 7) is 3.98. The second-order valence-electron chi connectivity index (χ2n) is 5.87. The summed E-state index contributed by atoms with van der Waals surface area (Å²) in [5, 5.41) is 0. The van der Waals surface area contributed by atoms with Crippen LogP contribution < -0.4 is 11.5 Å². The summed E-state index contributed by atoms with van der Waals surface area (Å²) in [6, 6.07) is 13.5. The van der Waals surface area contributed by atoms with Gasteiger partial charge >= 0.3 is 0 Å². The van der Waals surface area contributed by atoms with Gasteiger partial charge in [0.2, 0.25) is 0 Å². The van der Waals surface area contributed by atoms with Crippen LogP contribution in [0.15, 0.2) is 58.3 Å². The molecule has 2 aromatic rings. The van der Waals surface area contributed by atoms with Crippen molar-refractivity contribution in [1.82, 2.24) is 4.90 Å². The van der Waals surface area contributed by atoms with Gasteiger partial charge in [0, 0.05) is 29.4 Å². The number of hydrogen-bond acceptors (Lipinski definition) is 8. The highest BCUT2D eigenvalue weighted by Gasteiger charge is 2.16. The van der Waals surface area contributed by atoms with Crippen molar-refractivity contribution >= 4 is 33.3 Å². The number of rotatable bonds is 11. The first-order chi connectivity index (χ1) is 12.9. The molecule has 0 aliphatic carbocycles. The highest BCUT2D eigenvalue weighted by Crippen LogP contribution is 2.21. The van der Waals surface area contributed by atoms with Crippen molar-refractivity contribution in [1.29, 1.82) is 0 Å². The molecular weight excluding hydrogens is 386 g/mol. The molecule has 0 amide bonds. The SMILES string of the molecule is CCN(CCOOSc1cccc(N)c1)CCS(=O)(=O)c1ccc(N)cc1. The predicted octanol–water partition coefficient (Wildman–Crippen LogP) is 2.60. The summed E-state index contributed by atoms with van der Waals surface area (Å²) in [5.74, 6) is 0.0314. The lowest BCUT2D eigenvalue weighted by Crippen LogP contribution is -2.32. The standard InChI is InChI=1S/C18H25N3O4S2/c1-2-21(10-12-24-25-26-17-5-3-4-16(20)14-17)11-13-27(22,23)18-8-6-15(19)7-9-18/h3-9,14H,2,10-13,19-20H2,1H3. The van der Waals surface area contributed by atoms with E-state index in [0.29, 0.717) is 37.6 Å². The van der Waals surface area contributed by atoms with E-state index in [1.807, 2.05) is 24.0 Å². The van der Waals surface area contributed by atoms with Gasteiger partial charge in [-0.15, -0.1) is 0 Å². The molecule has 0 unspecified atom stereocenters. The normalized spacial score (nSPS) is 11.8. The molecule has 0 saturated heterocycles. The summed E-state index contributed by atoms with van der Waals surface area (Å²) in [7, 11) is -3.34. The Kier molecular flexibility index (Phi) is 8.39. The first-order valence-electron chi connectivity index (χ1n) is 8.53. The number of nitrogens with zero attached hydrogens (tertiary/aromatic N) is 1. The predicted molar refractivity (Wildman–Crippen MR) is 109 cm³/mol. The molecule has 148 valence electrons. The lowest BCUT2D eigenvalue weighted by atomic mass is 10.3. The topological polar surface area (TPSA) is 108 Å². The smallest absolute Gasteiger partial charge is 0.179 e. The van der Waals surface area contributed by atoms with E-state index in [2.05, 4.69) is 0 Å². The fourth-order valence-electron chi connectivity index (χ4n) is 2.30. The van der Waals surface area contributed by atoms with Crippen LogP contribution in [0.3, 0.4) is 0 Å². The van der Waals surface area contributed by atoms with Gasteiger partial charge in [-0.05, 0) is 49.0 Å². The molecule has 2 rings (SSSR count). The average molecular weight is 412 g/mol. The van der Waals surface area contributed by atoms with Crippen molar-refractivity contribution in [3.05, 3.63) is 48.5 Å². The van der Waals surface area contributed by atoms with Crippen LogP contribution in [-0.4, -0.2) is 45.3 Å². The molecule has 2 aromatic carbocycles. The van der Waals surface area contributed by atoms with E-state index in [1.165, 1.54) is 12.1 Å². The number of benzene rings is 2. The molecule has 0 spiro atoms. The van der Waals surface area contributed by atoms with E-state index in [0.717, 1.165) is 16.9 Å².